The summed E-state index contributed by atoms with van der Waals surface area (Å²) in [5.74, 6) is -2.68. The topological polar surface area (TPSA) is 110 Å². The molecule has 2 rings (SSSR count). The number of carbonyl (C=O) groups excluding carboxylic acids is 1. The Morgan fingerprint density at radius 3 is 2.40 bits per heavy atom. The molecule has 7 nitrogen and oxygen atoms in total. The standard InChI is InChI=1S/C17H23NO6S/c1-12(25(22,23)14-7-9-24-10-8-14)16(19)18-11-15(17(20)21)13-5-3-2-4-6-13/h2-6,12,14-15H,7-11H2,1H3,(H,18,19)(H,20,21). The van der Waals surface area contributed by atoms with Crippen molar-refractivity contribution in [2.75, 3.05) is 19.8 Å². The summed E-state index contributed by atoms with van der Waals surface area (Å²) < 4.78 is 30.2. The molecule has 1 saturated heterocycles. The molecule has 1 heterocycles. The number of carbonyl (C=O) groups is 2. The fourth-order valence-electron chi connectivity index (χ4n) is 2.82. The van der Waals surface area contributed by atoms with Crippen molar-refractivity contribution in [3.05, 3.63) is 35.9 Å². The molecule has 0 saturated carbocycles. The Bertz CT molecular complexity index is 697. The van der Waals surface area contributed by atoms with E-state index in [0.717, 1.165) is 0 Å². The van der Waals surface area contributed by atoms with E-state index in [4.69, 9.17) is 4.74 Å². The van der Waals surface area contributed by atoms with Gasteiger partial charge in [-0.05, 0) is 25.3 Å². The lowest BCUT2D eigenvalue weighted by Crippen LogP contribution is -2.45. The van der Waals surface area contributed by atoms with Crippen LogP contribution in [-0.4, -0.2) is 55.7 Å². The molecule has 0 radical (unpaired) electrons. The van der Waals surface area contributed by atoms with Gasteiger partial charge >= 0.3 is 5.97 Å². The van der Waals surface area contributed by atoms with E-state index in [9.17, 15) is 23.1 Å². The highest BCUT2D eigenvalue weighted by Gasteiger charge is 2.36. The molecule has 1 aliphatic heterocycles. The normalized spacial score (nSPS) is 18.3. The highest BCUT2D eigenvalue weighted by Crippen LogP contribution is 2.21. The van der Waals surface area contributed by atoms with Crippen LogP contribution in [0.15, 0.2) is 30.3 Å². The van der Waals surface area contributed by atoms with Gasteiger partial charge in [-0.1, -0.05) is 30.3 Å². The predicted molar refractivity (Wildman–Crippen MR) is 92.1 cm³/mol. The van der Waals surface area contributed by atoms with E-state index in [1.165, 1.54) is 6.92 Å². The summed E-state index contributed by atoms with van der Waals surface area (Å²) in [5.41, 5.74) is 0.551. The summed E-state index contributed by atoms with van der Waals surface area (Å²) in [4.78, 5) is 23.7. The van der Waals surface area contributed by atoms with Crippen LogP contribution < -0.4 is 5.32 Å². The van der Waals surface area contributed by atoms with Crippen LogP contribution in [0.5, 0.6) is 0 Å². The van der Waals surface area contributed by atoms with Gasteiger partial charge in [0.2, 0.25) is 5.91 Å². The summed E-state index contributed by atoms with van der Waals surface area (Å²) in [6, 6.07) is 8.51. The lowest BCUT2D eigenvalue weighted by Gasteiger charge is -2.25. The zero-order chi connectivity index (χ0) is 18.4. The number of rotatable bonds is 7. The van der Waals surface area contributed by atoms with Gasteiger partial charge in [0.1, 0.15) is 5.25 Å². The van der Waals surface area contributed by atoms with Crippen molar-refractivity contribution in [1.82, 2.24) is 5.32 Å². The molecule has 25 heavy (non-hydrogen) atoms. The van der Waals surface area contributed by atoms with Crippen molar-refractivity contribution in [2.45, 2.75) is 36.2 Å². The summed E-state index contributed by atoms with van der Waals surface area (Å²) >= 11 is 0. The summed E-state index contributed by atoms with van der Waals surface area (Å²) in [5, 5.41) is 10.0. The maximum Gasteiger partial charge on any atom is 0.312 e. The fourth-order valence-corrected chi connectivity index (χ4v) is 4.63. The third kappa shape index (κ3) is 4.79. The van der Waals surface area contributed by atoms with E-state index >= 15 is 0 Å². The average Bonchev–Trinajstić information content (AvgIpc) is 2.62. The molecule has 0 bridgehead atoms. The second-order valence-electron chi connectivity index (χ2n) is 6.09. The van der Waals surface area contributed by atoms with Gasteiger partial charge in [-0.2, -0.15) is 0 Å². The van der Waals surface area contributed by atoms with Crippen LogP contribution >= 0.6 is 0 Å². The third-order valence-electron chi connectivity index (χ3n) is 4.48. The molecule has 1 aromatic carbocycles. The molecule has 2 atom stereocenters. The Morgan fingerprint density at radius 2 is 1.84 bits per heavy atom. The summed E-state index contributed by atoms with van der Waals surface area (Å²) in [7, 11) is -3.63. The van der Waals surface area contributed by atoms with E-state index < -0.39 is 38.1 Å². The van der Waals surface area contributed by atoms with Crippen LogP contribution in [0.1, 0.15) is 31.2 Å². The average molecular weight is 369 g/mol. The largest absolute Gasteiger partial charge is 0.481 e. The summed E-state index contributed by atoms with van der Waals surface area (Å²) in [6.45, 7) is 1.92. The molecule has 0 spiro atoms. The lowest BCUT2D eigenvalue weighted by molar-refractivity contribution is -0.138. The monoisotopic (exact) mass is 369 g/mol. The van der Waals surface area contributed by atoms with E-state index in [0.29, 0.717) is 31.6 Å². The summed E-state index contributed by atoms with van der Waals surface area (Å²) in [6.07, 6.45) is 0.753. The Kier molecular flexibility index (Phi) is 6.55. The first-order chi connectivity index (χ1) is 11.8. The highest BCUT2D eigenvalue weighted by molar-refractivity contribution is 7.93. The number of sulfone groups is 1. The molecule has 1 amide bonds. The highest BCUT2D eigenvalue weighted by atomic mass is 32.2. The number of hydrogen-bond acceptors (Lipinski definition) is 5. The number of carboxylic acid groups (broad SMARTS) is 1. The number of carboxylic acids is 1. The van der Waals surface area contributed by atoms with Gasteiger partial charge in [0.25, 0.3) is 0 Å². The van der Waals surface area contributed by atoms with Gasteiger partial charge in [-0.25, -0.2) is 8.42 Å². The Morgan fingerprint density at radius 1 is 1.24 bits per heavy atom. The molecule has 1 aromatic rings. The quantitative estimate of drug-likeness (QED) is 0.741. The Labute approximate surface area is 147 Å². The minimum Gasteiger partial charge on any atom is -0.481 e. The molecule has 8 heteroatoms. The van der Waals surface area contributed by atoms with Crippen molar-refractivity contribution in [1.29, 1.82) is 0 Å². The molecule has 0 aromatic heterocycles. The second-order valence-corrected chi connectivity index (χ2v) is 8.64. The minimum absolute atomic E-state index is 0.161. The zero-order valence-electron chi connectivity index (χ0n) is 14.1. The fraction of sp³-hybridized carbons (Fsp3) is 0.529. The number of amides is 1. The molecular formula is C17H23NO6S. The van der Waals surface area contributed by atoms with Crippen molar-refractivity contribution in [3.8, 4) is 0 Å². The van der Waals surface area contributed by atoms with Crippen molar-refractivity contribution >= 4 is 21.7 Å². The van der Waals surface area contributed by atoms with Crippen LogP contribution in [0, 0.1) is 0 Å². The number of ether oxygens (including phenoxy) is 1. The van der Waals surface area contributed by atoms with Gasteiger partial charge in [-0.15, -0.1) is 0 Å². The van der Waals surface area contributed by atoms with Crippen LogP contribution in [0.25, 0.3) is 0 Å². The van der Waals surface area contributed by atoms with Crippen LogP contribution in [0.2, 0.25) is 0 Å². The van der Waals surface area contributed by atoms with Crippen LogP contribution in [0.3, 0.4) is 0 Å². The van der Waals surface area contributed by atoms with Gasteiger partial charge in [-0.3, -0.25) is 9.59 Å². The van der Waals surface area contributed by atoms with E-state index in [2.05, 4.69) is 5.32 Å². The SMILES string of the molecule is CC(C(=O)NCC(C(=O)O)c1ccccc1)S(=O)(=O)C1CCOCC1. The van der Waals surface area contributed by atoms with E-state index in [-0.39, 0.29) is 6.54 Å². The molecule has 1 aliphatic rings. The van der Waals surface area contributed by atoms with Gasteiger partial charge < -0.3 is 15.2 Å². The smallest absolute Gasteiger partial charge is 0.312 e. The predicted octanol–water partition coefficient (Wildman–Crippen LogP) is 0.953. The van der Waals surface area contributed by atoms with Crippen LogP contribution in [0.4, 0.5) is 0 Å². The number of nitrogens with one attached hydrogen (secondary N) is 1. The van der Waals surface area contributed by atoms with Crippen molar-refractivity contribution < 1.29 is 27.9 Å². The number of aliphatic carboxylic acids is 1. The second kappa shape index (κ2) is 8.44. The zero-order valence-corrected chi connectivity index (χ0v) is 14.9. The minimum atomic E-state index is -3.63. The Balaban J connectivity index is 2.01. The molecule has 1 fully saturated rings. The van der Waals surface area contributed by atoms with Gasteiger partial charge in [0, 0.05) is 19.8 Å². The maximum atomic E-state index is 12.5. The first-order valence-electron chi connectivity index (χ1n) is 8.20. The first kappa shape index (κ1) is 19.4. The maximum absolute atomic E-state index is 12.5. The molecule has 2 unspecified atom stereocenters. The molecule has 0 aliphatic carbocycles. The number of benzene rings is 1. The molecule has 138 valence electrons. The van der Waals surface area contributed by atoms with E-state index in [1.54, 1.807) is 30.3 Å². The van der Waals surface area contributed by atoms with Crippen LogP contribution in [-0.2, 0) is 24.2 Å². The molecule has 2 N–H and O–H groups in total. The Hall–Kier alpha value is -1.93. The van der Waals surface area contributed by atoms with Gasteiger partial charge in [0.15, 0.2) is 9.84 Å². The lowest BCUT2D eigenvalue weighted by atomic mass is 9.99. The number of hydrogen-bond donors (Lipinski definition) is 2. The third-order valence-corrected chi connectivity index (χ3v) is 7.08. The molecular weight excluding hydrogens is 346 g/mol. The van der Waals surface area contributed by atoms with Crippen molar-refractivity contribution in [2.24, 2.45) is 0 Å². The van der Waals surface area contributed by atoms with Gasteiger partial charge in [0.05, 0.1) is 11.2 Å². The van der Waals surface area contributed by atoms with E-state index in [1.807, 2.05) is 0 Å². The first-order valence-corrected chi connectivity index (χ1v) is 9.81. The van der Waals surface area contributed by atoms with Crippen molar-refractivity contribution in [3.63, 3.8) is 0 Å².